The zero-order valence-electron chi connectivity index (χ0n) is 10.8. The lowest BCUT2D eigenvalue weighted by molar-refractivity contribution is -0.875. The molecule has 0 amide bonds. The van der Waals surface area contributed by atoms with Crippen molar-refractivity contribution in [1.29, 1.82) is 0 Å². The predicted octanol–water partition coefficient (Wildman–Crippen LogP) is 0.176. The van der Waals surface area contributed by atoms with Crippen molar-refractivity contribution in [1.82, 2.24) is 0 Å². The third-order valence-electron chi connectivity index (χ3n) is 2.33. The Hall–Kier alpha value is -0.590. The molecule has 0 aliphatic heterocycles. The van der Waals surface area contributed by atoms with Crippen LogP contribution in [0.25, 0.3) is 0 Å². The standard InChI is InChI=1S/C11H21NO4S/c1-5-8(17)10(15)11(16,6-9(13)14)7-12(2,3)4/h8,16H,5-7H2,1-4H3,(H-,13,14,17)/p+1. The molecule has 0 aliphatic carbocycles. The summed E-state index contributed by atoms with van der Waals surface area (Å²) in [4.78, 5) is 22.8. The van der Waals surface area contributed by atoms with Gasteiger partial charge >= 0.3 is 5.97 Å². The summed E-state index contributed by atoms with van der Waals surface area (Å²) >= 11 is 4.08. The van der Waals surface area contributed by atoms with E-state index >= 15 is 0 Å². The van der Waals surface area contributed by atoms with Gasteiger partial charge in [-0.25, -0.2) is 0 Å². The Morgan fingerprint density at radius 3 is 2.12 bits per heavy atom. The zero-order valence-corrected chi connectivity index (χ0v) is 11.7. The number of Topliss-reactive ketones (excluding diaryl/α,β-unsaturated/α-hetero) is 1. The highest BCUT2D eigenvalue weighted by Gasteiger charge is 2.44. The molecule has 6 heteroatoms. The molecule has 0 saturated heterocycles. The van der Waals surface area contributed by atoms with E-state index in [1.807, 2.05) is 0 Å². The normalized spacial score (nSPS) is 17.3. The number of hydrogen-bond donors (Lipinski definition) is 3. The van der Waals surface area contributed by atoms with E-state index in [0.717, 1.165) is 0 Å². The van der Waals surface area contributed by atoms with Crippen molar-refractivity contribution in [3.05, 3.63) is 0 Å². The smallest absolute Gasteiger partial charge is 0.306 e. The molecule has 5 nitrogen and oxygen atoms in total. The molecule has 0 spiro atoms. The second-order valence-electron chi connectivity index (χ2n) is 5.34. The second-order valence-corrected chi connectivity index (χ2v) is 5.96. The fraction of sp³-hybridized carbons (Fsp3) is 0.818. The molecule has 0 rings (SSSR count). The van der Waals surface area contributed by atoms with Crippen LogP contribution in [-0.2, 0) is 9.59 Å². The average molecular weight is 264 g/mol. The maximum atomic E-state index is 12.0. The topological polar surface area (TPSA) is 74.6 Å². The molecule has 0 bridgehead atoms. The number of ketones is 1. The number of aliphatic carboxylic acids is 1. The van der Waals surface area contributed by atoms with Crippen molar-refractivity contribution < 1.29 is 24.3 Å². The molecule has 17 heavy (non-hydrogen) atoms. The Bertz CT molecular complexity index is 300. The number of carboxylic acids is 1. The number of hydrogen-bond acceptors (Lipinski definition) is 4. The van der Waals surface area contributed by atoms with Gasteiger partial charge in [0.2, 0.25) is 0 Å². The van der Waals surface area contributed by atoms with Crippen LogP contribution in [0.3, 0.4) is 0 Å². The Balaban J connectivity index is 5.09. The molecule has 0 aromatic rings. The fourth-order valence-electron chi connectivity index (χ4n) is 1.75. The van der Waals surface area contributed by atoms with Gasteiger partial charge in [0.25, 0.3) is 0 Å². The first-order valence-corrected chi connectivity index (χ1v) is 6.00. The molecule has 0 heterocycles. The van der Waals surface area contributed by atoms with Gasteiger partial charge in [0.15, 0.2) is 11.4 Å². The second kappa shape index (κ2) is 5.84. The minimum Gasteiger partial charge on any atom is -0.481 e. The number of likely N-dealkylation sites (N-methyl/N-ethyl adjacent to an activating group) is 1. The molecule has 2 unspecified atom stereocenters. The minimum atomic E-state index is -1.85. The summed E-state index contributed by atoms with van der Waals surface area (Å²) in [5.41, 5.74) is -1.85. The van der Waals surface area contributed by atoms with E-state index in [0.29, 0.717) is 10.9 Å². The summed E-state index contributed by atoms with van der Waals surface area (Å²) < 4.78 is 0.305. The number of quaternary nitrogens is 1. The van der Waals surface area contributed by atoms with Gasteiger partial charge in [-0.15, -0.1) is 0 Å². The van der Waals surface area contributed by atoms with Gasteiger partial charge in [-0.3, -0.25) is 9.59 Å². The minimum absolute atomic E-state index is 0.0508. The first-order valence-electron chi connectivity index (χ1n) is 5.49. The number of carboxylic acid groups (broad SMARTS) is 1. The first kappa shape index (κ1) is 16.4. The largest absolute Gasteiger partial charge is 0.481 e. The fourth-order valence-corrected chi connectivity index (χ4v) is 1.99. The Kier molecular flexibility index (Phi) is 5.64. The first-order chi connectivity index (χ1) is 7.52. The van der Waals surface area contributed by atoms with Crippen LogP contribution in [0, 0.1) is 0 Å². The van der Waals surface area contributed by atoms with Gasteiger partial charge in [0.1, 0.15) is 6.54 Å². The highest BCUT2D eigenvalue weighted by molar-refractivity contribution is 7.81. The number of aliphatic hydroxyl groups is 1. The average Bonchev–Trinajstić information content (AvgIpc) is 2.10. The van der Waals surface area contributed by atoms with Crippen LogP contribution in [0.4, 0.5) is 0 Å². The number of carbonyl (C=O) groups excluding carboxylic acids is 1. The van der Waals surface area contributed by atoms with Crippen LogP contribution >= 0.6 is 12.6 Å². The zero-order chi connectivity index (χ0) is 13.9. The predicted molar refractivity (Wildman–Crippen MR) is 68.2 cm³/mol. The van der Waals surface area contributed by atoms with Crippen molar-refractivity contribution in [3.63, 3.8) is 0 Å². The Morgan fingerprint density at radius 2 is 1.82 bits per heavy atom. The summed E-state index contributed by atoms with van der Waals surface area (Å²) in [7, 11) is 5.37. The van der Waals surface area contributed by atoms with Gasteiger partial charge < -0.3 is 14.7 Å². The maximum Gasteiger partial charge on any atom is 0.306 e. The number of carbonyl (C=O) groups is 2. The van der Waals surface area contributed by atoms with Crippen LogP contribution in [0.15, 0.2) is 0 Å². The van der Waals surface area contributed by atoms with E-state index in [1.54, 1.807) is 28.1 Å². The lowest BCUT2D eigenvalue weighted by Gasteiger charge is -2.34. The molecule has 2 N–H and O–H groups in total. The quantitative estimate of drug-likeness (QED) is 0.453. The van der Waals surface area contributed by atoms with E-state index in [2.05, 4.69) is 12.6 Å². The van der Waals surface area contributed by atoms with E-state index in [4.69, 9.17) is 5.11 Å². The van der Waals surface area contributed by atoms with Crippen LogP contribution in [0.2, 0.25) is 0 Å². The summed E-state index contributed by atoms with van der Waals surface area (Å²) in [6, 6.07) is 0. The molecule has 100 valence electrons. The molecule has 0 aliphatic rings. The Morgan fingerprint density at radius 1 is 1.35 bits per heavy atom. The number of nitrogens with zero attached hydrogens (tertiary/aromatic N) is 1. The third-order valence-corrected chi connectivity index (χ3v) is 2.93. The van der Waals surface area contributed by atoms with Crippen molar-refractivity contribution in [2.24, 2.45) is 0 Å². The SMILES string of the molecule is CCC(S)C(=O)C(O)(CC(=O)O)C[N+](C)(C)C. The highest BCUT2D eigenvalue weighted by atomic mass is 32.1. The molecule has 0 radical (unpaired) electrons. The molecular formula is C11H22NO4S+. The molecule has 0 fully saturated rings. The molecule has 2 atom stereocenters. The number of thiol groups is 1. The molecule has 0 aromatic heterocycles. The van der Waals surface area contributed by atoms with Gasteiger partial charge in [0.05, 0.1) is 32.8 Å². The molecule has 0 saturated carbocycles. The molecular weight excluding hydrogens is 242 g/mol. The van der Waals surface area contributed by atoms with E-state index < -0.39 is 29.0 Å². The van der Waals surface area contributed by atoms with E-state index in [-0.39, 0.29) is 6.54 Å². The summed E-state index contributed by atoms with van der Waals surface area (Å²) in [6.07, 6.45) is -0.126. The van der Waals surface area contributed by atoms with Gasteiger partial charge in [-0.2, -0.15) is 12.6 Å². The van der Waals surface area contributed by atoms with Crippen LogP contribution in [0.5, 0.6) is 0 Å². The van der Waals surface area contributed by atoms with Gasteiger partial charge in [0, 0.05) is 0 Å². The monoisotopic (exact) mass is 264 g/mol. The lowest BCUT2D eigenvalue weighted by Crippen LogP contribution is -2.56. The summed E-state index contributed by atoms with van der Waals surface area (Å²) in [6.45, 7) is 1.82. The number of rotatable bonds is 7. The van der Waals surface area contributed by atoms with Gasteiger partial charge in [-0.05, 0) is 6.42 Å². The van der Waals surface area contributed by atoms with Crippen molar-refractivity contribution in [3.8, 4) is 0 Å². The van der Waals surface area contributed by atoms with Crippen molar-refractivity contribution in [2.75, 3.05) is 27.7 Å². The molecule has 0 aromatic carbocycles. The highest BCUT2D eigenvalue weighted by Crippen LogP contribution is 2.21. The third kappa shape index (κ3) is 5.52. The van der Waals surface area contributed by atoms with Crippen molar-refractivity contribution in [2.45, 2.75) is 30.6 Å². The van der Waals surface area contributed by atoms with Crippen LogP contribution in [0.1, 0.15) is 19.8 Å². The summed E-state index contributed by atoms with van der Waals surface area (Å²) in [5.74, 6) is -1.70. The van der Waals surface area contributed by atoms with E-state index in [9.17, 15) is 14.7 Å². The van der Waals surface area contributed by atoms with Crippen LogP contribution < -0.4 is 0 Å². The summed E-state index contributed by atoms with van der Waals surface area (Å²) in [5, 5.41) is 18.5. The maximum absolute atomic E-state index is 12.0. The van der Waals surface area contributed by atoms with E-state index in [1.165, 1.54) is 0 Å². The van der Waals surface area contributed by atoms with Gasteiger partial charge in [-0.1, -0.05) is 6.92 Å². The Labute approximate surface area is 107 Å². The van der Waals surface area contributed by atoms with Crippen LogP contribution in [-0.4, -0.2) is 65.0 Å². The lowest BCUT2D eigenvalue weighted by atomic mass is 9.90. The van der Waals surface area contributed by atoms with Crippen molar-refractivity contribution >= 4 is 24.4 Å².